The highest BCUT2D eigenvalue weighted by atomic mass is 16.1. The van der Waals surface area contributed by atoms with Crippen LogP contribution in [0.2, 0.25) is 0 Å². The molecule has 1 heterocycles. The minimum absolute atomic E-state index is 0.0946. The predicted octanol–water partition coefficient (Wildman–Crippen LogP) is 3.18. The molecule has 0 amide bonds. The Bertz CT molecular complexity index is 1180. The van der Waals surface area contributed by atoms with E-state index in [1.807, 2.05) is 48.5 Å². The quantitative estimate of drug-likeness (QED) is 0.557. The molecule has 4 rings (SSSR count). The van der Waals surface area contributed by atoms with E-state index < -0.39 is 0 Å². The Labute approximate surface area is 149 Å². The van der Waals surface area contributed by atoms with E-state index in [1.165, 1.54) is 0 Å². The number of carbonyl (C=O) groups excluding carboxylic acids is 1. The minimum atomic E-state index is -0.280. The molecule has 1 aromatic heterocycles. The Balaban J connectivity index is 1.70. The summed E-state index contributed by atoms with van der Waals surface area (Å²) in [7, 11) is 0. The maximum absolute atomic E-state index is 12.1. The topological polar surface area (TPSA) is 88.8 Å². The molecular weight excluding hydrogens is 326 g/mol. The van der Waals surface area contributed by atoms with Gasteiger partial charge in [0.25, 0.3) is 5.56 Å². The third-order valence-electron chi connectivity index (χ3n) is 4.61. The summed E-state index contributed by atoms with van der Waals surface area (Å²) in [5, 5.41) is 2.72. The average Bonchev–Trinajstić information content (AvgIpc) is 2.66. The Hall–Kier alpha value is -3.47. The number of hydrogen-bond donors (Lipinski definition) is 2. The molecule has 1 unspecified atom stereocenters. The zero-order valence-corrected chi connectivity index (χ0v) is 14.0. The maximum atomic E-state index is 12.1. The standard InChI is InChI=1S/C21H17N3O2/c22-21-23-19-8-5-13(10-18(19)20(26)24-21)9-17(12-25)16-7-6-14-3-1-2-4-15(14)11-16/h1-8,10-12,17H,9H2,(H3,22,23,24,26). The Morgan fingerprint density at radius 2 is 1.85 bits per heavy atom. The number of anilines is 1. The molecule has 128 valence electrons. The van der Waals surface area contributed by atoms with Crippen molar-refractivity contribution in [2.45, 2.75) is 12.3 Å². The SMILES string of the molecule is Nc1nc2ccc(CC(C=O)c3ccc4ccccc4c3)cc2c(=O)[nH]1. The third kappa shape index (κ3) is 2.95. The number of fused-ring (bicyclic) bond motifs is 2. The summed E-state index contributed by atoms with van der Waals surface area (Å²) in [6.07, 6.45) is 1.47. The van der Waals surface area contributed by atoms with Crippen LogP contribution in [-0.4, -0.2) is 16.3 Å². The molecule has 3 N–H and O–H groups in total. The van der Waals surface area contributed by atoms with Crippen LogP contribution in [0.4, 0.5) is 5.95 Å². The van der Waals surface area contributed by atoms with Gasteiger partial charge in [-0.3, -0.25) is 9.78 Å². The summed E-state index contributed by atoms with van der Waals surface area (Å²) in [6, 6.07) is 19.5. The Morgan fingerprint density at radius 3 is 2.65 bits per heavy atom. The van der Waals surface area contributed by atoms with Crippen LogP contribution < -0.4 is 11.3 Å². The van der Waals surface area contributed by atoms with E-state index in [9.17, 15) is 9.59 Å². The van der Waals surface area contributed by atoms with Gasteiger partial charge < -0.3 is 10.5 Å². The summed E-state index contributed by atoms with van der Waals surface area (Å²) in [5.41, 5.74) is 7.71. The van der Waals surface area contributed by atoms with Crippen molar-refractivity contribution >= 4 is 33.9 Å². The summed E-state index contributed by atoms with van der Waals surface area (Å²) in [6.45, 7) is 0. The summed E-state index contributed by atoms with van der Waals surface area (Å²) >= 11 is 0. The molecular formula is C21H17N3O2. The lowest BCUT2D eigenvalue weighted by Gasteiger charge is -2.12. The first kappa shape index (κ1) is 16.0. The van der Waals surface area contributed by atoms with Gasteiger partial charge in [0.05, 0.1) is 10.9 Å². The van der Waals surface area contributed by atoms with E-state index in [2.05, 4.69) is 9.97 Å². The van der Waals surface area contributed by atoms with Gasteiger partial charge in [0.2, 0.25) is 5.95 Å². The number of rotatable bonds is 4. The molecule has 0 saturated carbocycles. The van der Waals surface area contributed by atoms with Gasteiger partial charge in [-0.05, 0) is 40.5 Å². The van der Waals surface area contributed by atoms with Crippen LogP contribution >= 0.6 is 0 Å². The first-order chi connectivity index (χ1) is 12.6. The van der Waals surface area contributed by atoms with E-state index >= 15 is 0 Å². The number of aldehydes is 1. The lowest BCUT2D eigenvalue weighted by Crippen LogP contribution is -2.12. The highest BCUT2D eigenvalue weighted by molar-refractivity contribution is 5.84. The number of aromatic amines is 1. The van der Waals surface area contributed by atoms with Crippen molar-refractivity contribution < 1.29 is 4.79 Å². The minimum Gasteiger partial charge on any atom is -0.369 e. The second kappa shape index (κ2) is 6.44. The molecule has 4 aromatic rings. The van der Waals surface area contributed by atoms with Crippen molar-refractivity contribution in [2.24, 2.45) is 0 Å². The molecule has 3 aromatic carbocycles. The highest BCUT2D eigenvalue weighted by Crippen LogP contribution is 2.24. The number of H-pyrrole nitrogens is 1. The van der Waals surface area contributed by atoms with Crippen molar-refractivity contribution in [3.63, 3.8) is 0 Å². The van der Waals surface area contributed by atoms with Gasteiger partial charge in [-0.25, -0.2) is 4.98 Å². The second-order valence-corrected chi connectivity index (χ2v) is 6.36. The van der Waals surface area contributed by atoms with Gasteiger partial charge in [0.15, 0.2) is 0 Å². The molecule has 1 atom stereocenters. The van der Waals surface area contributed by atoms with Gasteiger partial charge in [0.1, 0.15) is 6.29 Å². The molecule has 0 radical (unpaired) electrons. The third-order valence-corrected chi connectivity index (χ3v) is 4.61. The number of nitrogens with zero attached hydrogens (tertiary/aromatic N) is 1. The zero-order chi connectivity index (χ0) is 18.1. The number of hydrogen-bond acceptors (Lipinski definition) is 4. The van der Waals surface area contributed by atoms with Crippen LogP contribution in [0.15, 0.2) is 65.5 Å². The van der Waals surface area contributed by atoms with Crippen molar-refractivity contribution in [1.29, 1.82) is 0 Å². The summed E-state index contributed by atoms with van der Waals surface area (Å²) in [5.74, 6) is -0.185. The first-order valence-electron chi connectivity index (χ1n) is 8.36. The van der Waals surface area contributed by atoms with E-state index in [0.29, 0.717) is 17.3 Å². The molecule has 26 heavy (non-hydrogen) atoms. The number of aromatic nitrogens is 2. The van der Waals surface area contributed by atoms with Crippen LogP contribution in [0.3, 0.4) is 0 Å². The lowest BCUT2D eigenvalue weighted by molar-refractivity contribution is -0.109. The van der Waals surface area contributed by atoms with E-state index in [0.717, 1.165) is 28.2 Å². The fraction of sp³-hybridized carbons (Fsp3) is 0.0952. The largest absolute Gasteiger partial charge is 0.369 e. The predicted molar refractivity (Wildman–Crippen MR) is 103 cm³/mol. The smallest absolute Gasteiger partial charge is 0.260 e. The van der Waals surface area contributed by atoms with Gasteiger partial charge >= 0.3 is 0 Å². The number of nitrogen functional groups attached to an aromatic ring is 1. The van der Waals surface area contributed by atoms with Crippen LogP contribution in [0, 0.1) is 0 Å². The number of nitrogens with one attached hydrogen (secondary N) is 1. The molecule has 5 nitrogen and oxygen atoms in total. The summed E-state index contributed by atoms with van der Waals surface area (Å²) in [4.78, 5) is 30.4. The van der Waals surface area contributed by atoms with Gasteiger partial charge in [-0.2, -0.15) is 0 Å². The molecule has 5 heteroatoms. The van der Waals surface area contributed by atoms with Crippen LogP contribution in [0.5, 0.6) is 0 Å². The van der Waals surface area contributed by atoms with Gasteiger partial charge in [-0.1, -0.05) is 48.5 Å². The molecule has 0 fully saturated rings. The van der Waals surface area contributed by atoms with E-state index in [1.54, 1.807) is 12.1 Å². The maximum Gasteiger partial charge on any atom is 0.260 e. The number of carbonyl (C=O) groups is 1. The average molecular weight is 343 g/mol. The van der Waals surface area contributed by atoms with E-state index in [4.69, 9.17) is 5.73 Å². The molecule has 0 bridgehead atoms. The number of nitrogens with two attached hydrogens (primary N) is 1. The van der Waals surface area contributed by atoms with Gasteiger partial charge in [0, 0.05) is 5.92 Å². The Kier molecular flexibility index (Phi) is 3.97. The van der Waals surface area contributed by atoms with Crippen molar-refractivity contribution in [2.75, 3.05) is 5.73 Å². The first-order valence-corrected chi connectivity index (χ1v) is 8.36. The Morgan fingerprint density at radius 1 is 1.04 bits per heavy atom. The van der Waals surface area contributed by atoms with Crippen molar-refractivity contribution in [1.82, 2.24) is 9.97 Å². The molecule has 0 aliphatic rings. The van der Waals surface area contributed by atoms with Crippen LogP contribution in [-0.2, 0) is 11.2 Å². The monoisotopic (exact) mass is 343 g/mol. The van der Waals surface area contributed by atoms with Gasteiger partial charge in [-0.15, -0.1) is 0 Å². The van der Waals surface area contributed by atoms with Crippen molar-refractivity contribution in [3.05, 3.63) is 82.1 Å². The normalized spacial score (nSPS) is 12.3. The highest BCUT2D eigenvalue weighted by Gasteiger charge is 2.13. The second-order valence-electron chi connectivity index (χ2n) is 6.36. The van der Waals surface area contributed by atoms with E-state index in [-0.39, 0.29) is 17.4 Å². The van der Waals surface area contributed by atoms with Crippen LogP contribution in [0.1, 0.15) is 17.0 Å². The fourth-order valence-electron chi connectivity index (χ4n) is 3.27. The number of benzene rings is 3. The lowest BCUT2D eigenvalue weighted by atomic mass is 9.91. The zero-order valence-electron chi connectivity index (χ0n) is 14.0. The molecule has 0 spiro atoms. The molecule has 0 aliphatic heterocycles. The molecule has 0 aliphatic carbocycles. The fourth-order valence-corrected chi connectivity index (χ4v) is 3.27. The van der Waals surface area contributed by atoms with Crippen LogP contribution in [0.25, 0.3) is 21.7 Å². The summed E-state index contributed by atoms with van der Waals surface area (Å²) < 4.78 is 0. The molecule has 0 saturated heterocycles. The van der Waals surface area contributed by atoms with Crippen molar-refractivity contribution in [3.8, 4) is 0 Å².